The highest BCUT2D eigenvalue weighted by Gasteiger charge is 2.32. The minimum Gasteiger partial charge on any atom is -0.345 e. The Balaban J connectivity index is 1.62. The maximum atomic E-state index is 12.4. The number of amides is 1. The molecule has 1 unspecified atom stereocenters. The Hall–Kier alpha value is -3.19. The number of likely N-dealkylation sites (tertiary alicyclic amines) is 1. The molecule has 5 rings (SSSR count). The number of aromatic nitrogens is 4. The van der Waals surface area contributed by atoms with Gasteiger partial charge in [0.15, 0.2) is 11.0 Å². The van der Waals surface area contributed by atoms with Crippen LogP contribution in [-0.2, 0) is 11.3 Å². The third kappa shape index (κ3) is 3.59. The third-order valence-electron chi connectivity index (χ3n) is 5.69. The second kappa shape index (κ2) is 8.15. The number of hydrogen-bond acceptors (Lipinski definition) is 5. The van der Waals surface area contributed by atoms with Crippen molar-refractivity contribution in [2.75, 3.05) is 13.6 Å². The number of fused-ring (bicyclic) bond motifs is 1. The minimum atomic E-state index is -0.0959. The second-order valence-electron chi connectivity index (χ2n) is 7.64. The van der Waals surface area contributed by atoms with Crippen molar-refractivity contribution in [2.45, 2.75) is 30.3 Å². The van der Waals surface area contributed by atoms with E-state index < -0.39 is 0 Å². The van der Waals surface area contributed by atoms with Crippen LogP contribution in [0.2, 0.25) is 0 Å². The van der Waals surface area contributed by atoms with Gasteiger partial charge in [0.05, 0.1) is 16.5 Å². The predicted octanol–water partition coefficient (Wildman–Crippen LogP) is 4.50. The van der Waals surface area contributed by atoms with Crippen molar-refractivity contribution in [1.29, 1.82) is 0 Å². The molecule has 0 saturated carbocycles. The average molecular weight is 430 g/mol. The highest BCUT2D eigenvalue weighted by Crippen LogP contribution is 2.35. The van der Waals surface area contributed by atoms with Crippen molar-refractivity contribution in [3.8, 4) is 22.6 Å². The summed E-state index contributed by atoms with van der Waals surface area (Å²) in [6.07, 6.45) is 0.836. The number of rotatable bonds is 5. The SMILES string of the molecule is CCn1c(SC2CCN(C)C2=O)nnc1-c1cc(-c2ccccc2)nc2ccccc12. The zero-order valence-corrected chi connectivity index (χ0v) is 18.3. The smallest absolute Gasteiger partial charge is 0.235 e. The lowest BCUT2D eigenvalue weighted by Gasteiger charge is -2.13. The minimum absolute atomic E-state index is 0.0959. The van der Waals surface area contributed by atoms with E-state index >= 15 is 0 Å². The van der Waals surface area contributed by atoms with E-state index in [1.165, 1.54) is 11.8 Å². The first kappa shape index (κ1) is 19.8. The fraction of sp³-hybridized carbons (Fsp3) is 0.250. The van der Waals surface area contributed by atoms with Gasteiger partial charge in [-0.15, -0.1) is 10.2 Å². The third-order valence-corrected chi connectivity index (χ3v) is 6.92. The summed E-state index contributed by atoms with van der Waals surface area (Å²) < 4.78 is 2.10. The maximum Gasteiger partial charge on any atom is 0.235 e. The summed E-state index contributed by atoms with van der Waals surface area (Å²) in [5, 5.41) is 10.8. The standard InChI is InChI=1S/C24H23N5OS/c1-3-29-22(26-27-24(29)31-21-13-14-28(2)23(21)30)18-15-20(16-9-5-4-6-10-16)25-19-12-8-7-11-17(18)19/h4-12,15,21H,3,13-14H2,1-2H3. The van der Waals surface area contributed by atoms with Gasteiger partial charge in [-0.1, -0.05) is 60.3 Å². The number of benzene rings is 2. The zero-order valence-electron chi connectivity index (χ0n) is 17.5. The molecule has 1 aliphatic rings. The van der Waals surface area contributed by atoms with Gasteiger partial charge in [-0.3, -0.25) is 4.79 Å². The summed E-state index contributed by atoms with van der Waals surface area (Å²) in [4.78, 5) is 19.1. The van der Waals surface area contributed by atoms with Crippen molar-refractivity contribution < 1.29 is 4.79 Å². The van der Waals surface area contributed by atoms with Gasteiger partial charge in [0.2, 0.25) is 5.91 Å². The molecular formula is C24H23N5OS. The molecule has 1 saturated heterocycles. The average Bonchev–Trinajstić information content (AvgIpc) is 3.36. The van der Waals surface area contributed by atoms with Crippen LogP contribution in [0.15, 0.2) is 65.8 Å². The molecule has 1 atom stereocenters. The van der Waals surface area contributed by atoms with Gasteiger partial charge in [0.1, 0.15) is 0 Å². The van der Waals surface area contributed by atoms with Gasteiger partial charge in [-0.2, -0.15) is 0 Å². The van der Waals surface area contributed by atoms with E-state index in [9.17, 15) is 4.79 Å². The van der Waals surface area contributed by atoms with E-state index in [0.717, 1.165) is 58.2 Å². The topological polar surface area (TPSA) is 63.9 Å². The van der Waals surface area contributed by atoms with Crippen LogP contribution in [0.1, 0.15) is 13.3 Å². The van der Waals surface area contributed by atoms with Crippen molar-refractivity contribution in [2.24, 2.45) is 0 Å². The molecule has 1 aliphatic heterocycles. The summed E-state index contributed by atoms with van der Waals surface area (Å²) in [5.41, 5.74) is 3.89. The number of carbonyl (C=O) groups excluding carboxylic acids is 1. The van der Waals surface area contributed by atoms with E-state index in [-0.39, 0.29) is 11.2 Å². The molecule has 7 heteroatoms. The molecule has 0 spiro atoms. The molecule has 3 heterocycles. The monoisotopic (exact) mass is 429 g/mol. The molecular weight excluding hydrogens is 406 g/mol. The van der Waals surface area contributed by atoms with Gasteiger partial charge in [-0.25, -0.2) is 4.98 Å². The number of hydrogen-bond donors (Lipinski definition) is 0. The molecule has 0 N–H and O–H groups in total. The summed E-state index contributed by atoms with van der Waals surface area (Å²) in [5.74, 6) is 0.970. The van der Waals surface area contributed by atoms with Crippen LogP contribution < -0.4 is 0 Å². The lowest BCUT2D eigenvalue weighted by Crippen LogP contribution is -2.24. The molecule has 156 valence electrons. The normalized spacial score (nSPS) is 16.4. The quantitative estimate of drug-likeness (QED) is 0.467. The van der Waals surface area contributed by atoms with E-state index in [2.05, 4.69) is 46.0 Å². The highest BCUT2D eigenvalue weighted by atomic mass is 32.2. The Morgan fingerprint density at radius 1 is 1.06 bits per heavy atom. The zero-order chi connectivity index (χ0) is 21.4. The van der Waals surface area contributed by atoms with Crippen LogP contribution in [0.3, 0.4) is 0 Å². The molecule has 0 radical (unpaired) electrons. The summed E-state index contributed by atoms with van der Waals surface area (Å²) >= 11 is 1.52. The van der Waals surface area contributed by atoms with Gasteiger partial charge in [0.25, 0.3) is 0 Å². The summed E-state index contributed by atoms with van der Waals surface area (Å²) in [7, 11) is 1.85. The summed E-state index contributed by atoms with van der Waals surface area (Å²) in [6, 6.07) is 20.4. The van der Waals surface area contributed by atoms with Gasteiger partial charge >= 0.3 is 0 Å². The first-order valence-corrected chi connectivity index (χ1v) is 11.3. The van der Waals surface area contributed by atoms with Crippen LogP contribution in [0.4, 0.5) is 0 Å². The fourth-order valence-electron chi connectivity index (χ4n) is 4.00. The van der Waals surface area contributed by atoms with Gasteiger partial charge < -0.3 is 9.47 Å². The summed E-state index contributed by atoms with van der Waals surface area (Å²) in [6.45, 7) is 3.60. The highest BCUT2D eigenvalue weighted by molar-refractivity contribution is 8.00. The molecule has 0 aliphatic carbocycles. The second-order valence-corrected chi connectivity index (χ2v) is 8.81. The van der Waals surface area contributed by atoms with Crippen molar-refractivity contribution in [3.05, 3.63) is 60.7 Å². The van der Waals surface area contributed by atoms with Crippen LogP contribution in [0.25, 0.3) is 33.5 Å². The van der Waals surface area contributed by atoms with Crippen molar-refractivity contribution in [1.82, 2.24) is 24.6 Å². The van der Waals surface area contributed by atoms with E-state index in [0.29, 0.717) is 0 Å². The van der Waals surface area contributed by atoms with Crippen molar-refractivity contribution in [3.63, 3.8) is 0 Å². The largest absolute Gasteiger partial charge is 0.345 e. The molecule has 4 aromatic rings. The maximum absolute atomic E-state index is 12.4. The van der Waals surface area contributed by atoms with Gasteiger partial charge in [0, 0.05) is 36.7 Å². The first-order valence-electron chi connectivity index (χ1n) is 10.5. The Kier molecular flexibility index (Phi) is 5.19. The molecule has 2 aromatic carbocycles. The Labute approximate surface area is 185 Å². The van der Waals surface area contributed by atoms with E-state index in [4.69, 9.17) is 4.98 Å². The molecule has 2 aromatic heterocycles. The van der Waals surface area contributed by atoms with Crippen LogP contribution >= 0.6 is 11.8 Å². The molecule has 0 bridgehead atoms. The lowest BCUT2D eigenvalue weighted by atomic mass is 10.0. The number of pyridine rings is 1. The fourth-order valence-corrected chi connectivity index (χ4v) is 5.19. The molecule has 1 amide bonds. The lowest BCUT2D eigenvalue weighted by molar-refractivity contribution is -0.126. The van der Waals surface area contributed by atoms with Gasteiger partial charge in [-0.05, 0) is 25.5 Å². The Morgan fingerprint density at radius 3 is 2.58 bits per heavy atom. The molecule has 6 nitrogen and oxygen atoms in total. The molecule has 1 fully saturated rings. The number of para-hydroxylation sites is 1. The Morgan fingerprint density at radius 2 is 1.84 bits per heavy atom. The van der Waals surface area contributed by atoms with Crippen molar-refractivity contribution >= 4 is 28.6 Å². The van der Waals surface area contributed by atoms with E-state index in [1.807, 2.05) is 43.4 Å². The van der Waals surface area contributed by atoms with Crippen LogP contribution in [0.5, 0.6) is 0 Å². The predicted molar refractivity (Wildman–Crippen MR) is 124 cm³/mol. The van der Waals surface area contributed by atoms with Crippen LogP contribution in [-0.4, -0.2) is 49.4 Å². The number of nitrogens with zero attached hydrogens (tertiary/aromatic N) is 5. The Bertz CT molecular complexity index is 1250. The number of thioether (sulfide) groups is 1. The van der Waals surface area contributed by atoms with Crippen LogP contribution in [0, 0.1) is 0 Å². The number of carbonyl (C=O) groups is 1. The van der Waals surface area contributed by atoms with E-state index in [1.54, 1.807) is 4.90 Å². The first-order chi connectivity index (χ1) is 15.2. The molecule has 31 heavy (non-hydrogen) atoms.